The minimum absolute atomic E-state index is 0.131. The molecule has 33 heavy (non-hydrogen) atoms. The Bertz CT molecular complexity index is 1420. The van der Waals surface area contributed by atoms with Crippen molar-refractivity contribution in [2.75, 3.05) is 5.43 Å². The number of ether oxygens (including phenoxy) is 1. The predicted octanol–water partition coefficient (Wildman–Crippen LogP) is 7.13. The minimum Gasteiger partial charge on any atom is -0.488 e. The monoisotopic (exact) mass is 453 g/mol. The fourth-order valence-electron chi connectivity index (χ4n) is 3.52. The van der Waals surface area contributed by atoms with E-state index >= 15 is 0 Å². The standard InChI is InChI=1S/C27H20FN3OS/c28-24-13-7-5-11-21(24)17-32-26-15-14-19-8-4-6-12-22(19)23(26)16-29-31-27-30-25(18-33-27)20-9-2-1-3-10-20/h1-16,18H,17H2,(H,30,31)/b29-16-. The van der Waals surface area contributed by atoms with E-state index in [2.05, 4.69) is 15.5 Å². The molecule has 1 aromatic heterocycles. The lowest BCUT2D eigenvalue weighted by molar-refractivity contribution is 0.300. The number of anilines is 1. The summed E-state index contributed by atoms with van der Waals surface area (Å²) in [7, 11) is 0. The molecule has 0 spiro atoms. The molecular formula is C27H20FN3OS. The van der Waals surface area contributed by atoms with Crippen LogP contribution in [0.2, 0.25) is 0 Å². The molecule has 0 aliphatic carbocycles. The van der Waals surface area contributed by atoms with Gasteiger partial charge in [-0.15, -0.1) is 11.3 Å². The smallest absolute Gasteiger partial charge is 0.203 e. The first kappa shape index (κ1) is 20.8. The summed E-state index contributed by atoms with van der Waals surface area (Å²) in [6.45, 7) is 0.131. The van der Waals surface area contributed by atoms with Gasteiger partial charge in [0.1, 0.15) is 18.2 Å². The van der Waals surface area contributed by atoms with Crippen LogP contribution in [0.25, 0.3) is 22.0 Å². The second-order valence-corrected chi connectivity index (χ2v) is 8.21. The van der Waals surface area contributed by atoms with E-state index in [1.54, 1.807) is 24.4 Å². The van der Waals surface area contributed by atoms with E-state index in [4.69, 9.17) is 4.74 Å². The minimum atomic E-state index is -0.284. The fraction of sp³-hybridized carbons (Fsp3) is 0.0370. The second kappa shape index (κ2) is 9.63. The van der Waals surface area contributed by atoms with Gasteiger partial charge in [-0.2, -0.15) is 5.10 Å². The number of rotatable bonds is 7. The molecule has 5 aromatic rings. The second-order valence-electron chi connectivity index (χ2n) is 7.35. The summed E-state index contributed by atoms with van der Waals surface area (Å²) in [4.78, 5) is 4.60. The maximum Gasteiger partial charge on any atom is 0.203 e. The van der Waals surface area contributed by atoms with Crippen LogP contribution >= 0.6 is 11.3 Å². The van der Waals surface area contributed by atoms with Gasteiger partial charge in [0, 0.05) is 22.1 Å². The van der Waals surface area contributed by atoms with Gasteiger partial charge in [0.2, 0.25) is 5.13 Å². The quantitative estimate of drug-likeness (QED) is 0.211. The molecule has 0 aliphatic heterocycles. The Hall–Kier alpha value is -4.03. The van der Waals surface area contributed by atoms with E-state index in [1.165, 1.54) is 17.4 Å². The molecule has 0 radical (unpaired) electrons. The van der Waals surface area contributed by atoms with Crippen molar-refractivity contribution in [3.8, 4) is 17.0 Å². The molecule has 0 unspecified atom stereocenters. The van der Waals surface area contributed by atoms with E-state index < -0.39 is 0 Å². The molecule has 0 amide bonds. The van der Waals surface area contributed by atoms with Gasteiger partial charge in [0.25, 0.3) is 0 Å². The zero-order chi connectivity index (χ0) is 22.5. The van der Waals surface area contributed by atoms with Crippen LogP contribution < -0.4 is 10.2 Å². The van der Waals surface area contributed by atoms with Crippen molar-refractivity contribution in [1.82, 2.24) is 4.98 Å². The highest BCUT2D eigenvalue weighted by atomic mass is 32.1. The Morgan fingerprint density at radius 1 is 0.909 bits per heavy atom. The van der Waals surface area contributed by atoms with Crippen LogP contribution in [0.15, 0.2) is 101 Å². The number of thiazole rings is 1. The molecular weight excluding hydrogens is 433 g/mol. The third kappa shape index (κ3) is 4.76. The van der Waals surface area contributed by atoms with Crippen LogP contribution in [0, 0.1) is 5.82 Å². The maximum atomic E-state index is 14.0. The number of hydrazone groups is 1. The van der Waals surface area contributed by atoms with Crippen molar-refractivity contribution in [2.45, 2.75) is 6.61 Å². The third-order valence-electron chi connectivity index (χ3n) is 5.20. The SMILES string of the molecule is Fc1ccccc1COc1ccc2ccccc2c1/C=N\Nc1nc(-c2ccccc2)cs1. The summed E-state index contributed by atoms with van der Waals surface area (Å²) >= 11 is 1.49. The number of fused-ring (bicyclic) bond motifs is 1. The predicted molar refractivity (Wildman–Crippen MR) is 133 cm³/mol. The Kier molecular flexibility index (Phi) is 6.08. The van der Waals surface area contributed by atoms with Crippen LogP contribution in [0.3, 0.4) is 0 Å². The van der Waals surface area contributed by atoms with Crippen molar-refractivity contribution < 1.29 is 9.13 Å². The van der Waals surface area contributed by atoms with E-state index in [-0.39, 0.29) is 12.4 Å². The van der Waals surface area contributed by atoms with E-state index in [0.717, 1.165) is 27.6 Å². The van der Waals surface area contributed by atoms with Crippen molar-refractivity contribution in [2.24, 2.45) is 5.10 Å². The molecule has 1 N–H and O–H groups in total. The number of hydrogen-bond donors (Lipinski definition) is 1. The van der Waals surface area contributed by atoms with Crippen LogP contribution in [-0.4, -0.2) is 11.2 Å². The molecule has 0 fully saturated rings. The van der Waals surface area contributed by atoms with Gasteiger partial charge in [-0.1, -0.05) is 78.9 Å². The number of benzene rings is 4. The molecule has 6 heteroatoms. The molecule has 4 aromatic carbocycles. The van der Waals surface area contributed by atoms with Crippen LogP contribution in [0.1, 0.15) is 11.1 Å². The largest absolute Gasteiger partial charge is 0.488 e. The van der Waals surface area contributed by atoms with Gasteiger partial charge in [-0.3, -0.25) is 5.43 Å². The fourth-order valence-corrected chi connectivity index (χ4v) is 4.19. The summed E-state index contributed by atoms with van der Waals surface area (Å²) in [5.74, 6) is 0.347. The molecule has 0 saturated carbocycles. The first-order chi connectivity index (χ1) is 16.3. The molecule has 1 heterocycles. The summed E-state index contributed by atoms with van der Waals surface area (Å²) in [5.41, 5.74) is 6.30. The first-order valence-corrected chi connectivity index (χ1v) is 11.3. The number of aromatic nitrogens is 1. The normalized spacial score (nSPS) is 11.2. The zero-order valence-corrected chi connectivity index (χ0v) is 18.4. The molecule has 162 valence electrons. The van der Waals surface area contributed by atoms with E-state index in [1.807, 2.05) is 72.1 Å². The third-order valence-corrected chi connectivity index (χ3v) is 5.95. The molecule has 0 atom stereocenters. The average Bonchev–Trinajstić information content (AvgIpc) is 3.34. The zero-order valence-electron chi connectivity index (χ0n) is 17.6. The summed E-state index contributed by atoms with van der Waals surface area (Å²) in [5, 5.41) is 9.17. The van der Waals surface area contributed by atoms with Gasteiger partial charge >= 0.3 is 0 Å². The molecule has 0 saturated heterocycles. The Balaban J connectivity index is 1.39. The van der Waals surface area contributed by atoms with Gasteiger partial charge in [-0.25, -0.2) is 9.37 Å². The number of hydrogen-bond acceptors (Lipinski definition) is 5. The van der Waals surface area contributed by atoms with Crippen molar-refractivity contribution >= 4 is 33.5 Å². The lowest BCUT2D eigenvalue weighted by atomic mass is 10.0. The number of nitrogens with one attached hydrogen (secondary N) is 1. The first-order valence-electron chi connectivity index (χ1n) is 10.5. The van der Waals surface area contributed by atoms with E-state index in [0.29, 0.717) is 16.4 Å². The number of nitrogens with zero attached hydrogens (tertiary/aromatic N) is 2. The lowest BCUT2D eigenvalue weighted by Gasteiger charge is -2.12. The summed E-state index contributed by atoms with van der Waals surface area (Å²) in [6, 6.07) is 28.5. The summed E-state index contributed by atoms with van der Waals surface area (Å²) < 4.78 is 20.0. The van der Waals surface area contributed by atoms with Crippen molar-refractivity contribution in [3.05, 3.63) is 113 Å². The molecule has 0 bridgehead atoms. The maximum absolute atomic E-state index is 14.0. The Morgan fingerprint density at radius 2 is 1.70 bits per heavy atom. The van der Waals surface area contributed by atoms with Crippen LogP contribution in [-0.2, 0) is 6.61 Å². The van der Waals surface area contributed by atoms with Crippen molar-refractivity contribution in [1.29, 1.82) is 0 Å². The Labute approximate surface area is 195 Å². The van der Waals surface area contributed by atoms with E-state index in [9.17, 15) is 4.39 Å². The van der Waals surface area contributed by atoms with Gasteiger partial charge < -0.3 is 4.74 Å². The molecule has 4 nitrogen and oxygen atoms in total. The van der Waals surface area contributed by atoms with Crippen LogP contribution in [0.4, 0.5) is 9.52 Å². The Morgan fingerprint density at radius 3 is 2.58 bits per heavy atom. The number of halogens is 1. The molecule has 0 aliphatic rings. The topological polar surface area (TPSA) is 46.5 Å². The van der Waals surface area contributed by atoms with Crippen molar-refractivity contribution in [3.63, 3.8) is 0 Å². The van der Waals surface area contributed by atoms with Gasteiger partial charge in [0.05, 0.1) is 11.9 Å². The van der Waals surface area contributed by atoms with Gasteiger partial charge in [0.15, 0.2) is 0 Å². The van der Waals surface area contributed by atoms with Crippen LogP contribution in [0.5, 0.6) is 5.75 Å². The average molecular weight is 454 g/mol. The summed E-state index contributed by atoms with van der Waals surface area (Å²) in [6.07, 6.45) is 1.72. The molecule has 5 rings (SSSR count). The van der Waals surface area contributed by atoms with Gasteiger partial charge in [-0.05, 0) is 22.9 Å². The lowest BCUT2D eigenvalue weighted by Crippen LogP contribution is -2.01. The highest BCUT2D eigenvalue weighted by Gasteiger charge is 2.09. The highest BCUT2D eigenvalue weighted by molar-refractivity contribution is 7.14. The highest BCUT2D eigenvalue weighted by Crippen LogP contribution is 2.28.